The number of ketones is 1. The molecule has 5 heteroatoms. The predicted molar refractivity (Wildman–Crippen MR) is 72.3 cm³/mol. The zero-order valence-electron chi connectivity index (χ0n) is 10.9. The summed E-state index contributed by atoms with van der Waals surface area (Å²) in [4.78, 5) is 20.0. The fourth-order valence-corrected chi connectivity index (χ4v) is 3.92. The van der Waals surface area contributed by atoms with Crippen LogP contribution in [0, 0.1) is 5.41 Å². The molecule has 1 aromatic rings. The Morgan fingerprint density at radius 3 is 2.16 bits per heavy atom. The first-order valence-corrected chi connectivity index (χ1v) is 6.72. The molecule has 5 rings (SSSR count). The third-order valence-electron chi connectivity index (χ3n) is 4.41. The molecule has 5 nitrogen and oxygen atoms in total. The Morgan fingerprint density at radius 1 is 1.05 bits per heavy atom. The molecular weight excluding hydrogens is 240 g/mol. The Kier molecular flexibility index (Phi) is 2.27. The Morgan fingerprint density at radius 2 is 1.63 bits per heavy atom. The number of benzene rings is 1. The molecule has 0 spiro atoms. The molecule has 4 fully saturated rings. The molecule has 0 atom stereocenters. The van der Waals surface area contributed by atoms with E-state index in [2.05, 4.69) is 14.7 Å². The maximum absolute atomic E-state index is 12.9. The van der Waals surface area contributed by atoms with Crippen LogP contribution in [0.5, 0.6) is 0 Å². The number of carbonyl (C=O) groups is 1. The Balaban J connectivity index is 1.70. The maximum Gasteiger partial charge on any atom is 0.172 e. The molecule has 0 amide bonds. The van der Waals surface area contributed by atoms with Gasteiger partial charge in [0.05, 0.1) is 25.4 Å². The van der Waals surface area contributed by atoms with Crippen LogP contribution in [-0.4, -0.2) is 60.1 Å². The number of nitrogens with zero attached hydrogens (tertiary/aromatic N) is 3. The number of Topliss-reactive ketones (excluding diaryl/α,β-unsaturated/α-hetero) is 1. The average molecular weight is 258 g/mol. The van der Waals surface area contributed by atoms with Gasteiger partial charge in [0.1, 0.15) is 0 Å². The van der Waals surface area contributed by atoms with Crippen LogP contribution >= 0.6 is 0 Å². The highest BCUT2D eigenvalue weighted by Crippen LogP contribution is 2.38. The zero-order chi connectivity index (χ0) is 13.0. The predicted octanol–water partition coefficient (Wildman–Crippen LogP) is 0.257. The van der Waals surface area contributed by atoms with Gasteiger partial charge in [0.15, 0.2) is 5.78 Å². The third-order valence-corrected chi connectivity index (χ3v) is 4.41. The Bertz CT molecular complexity index is 507. The zero-order valence-corrected chi connectivity index (χ0v) is 10.9. The lowest BCUT2D eigenvalue weighted by Crippen LogP contribution is -2.74. The molecule has 4 saturated heterocycles. The summed E-state index contributed by atoms with van der Waals surface area (Å²) in [5.41, 5.74) is 6.96. The van der Waals surface area contributed by atoms with Crippen molar-refractivity contribution in [1.29, 1.82) is 0 Å². The number of nitrogen functional groups attached to an aromatic ring is 1. The summed E-state index contributed by atoms with van der Waals surface area (Å²) in [6.07, 6.45) is 0. The molecule has 0 unspecified atom stereocenters. The number of hydrogen-bond donors (Lipinski definition) is 1. The molecule has 0 aromatic heterocycles. The molecule has 19 heavy (non-hydrogen) atoms. The van der Waals surface area contributed by atoms with E-state index in [-0.39, 0.29) is 11.2 Å². The second kappa shape index (κ2) is 3.79. The summed E-state index contributed by atoms with van der Waals surface area (Å²) in [6, 6.07) is 7.38. The molecule has 0 radical (unpaired) electrons. The highest BCUT2D eigenvalue weighted by molar-refractivity contribution is 6.02. The van der Waals surface area contributed by atoms with E-state index in [9.17, 15) is 4.79 Å². The van der Waals surface area contributed by atoms with Gasteiger partial charge in [-0.05, 0) is 12.1 Å². The van der Waals surface area contributed by atoms with E-state index in [0.29, 0.717) is 5.69 Å². The van der Waals surface area contributed by atoms with E-state index in [1.165, 1.54) is 0 Å². The molecule has 0 aliphatic carbocycles. The molecule has 4 aliphatic rings. The largest absolute Gasteiger partial charge is 0.399 e. The second-order valence-electron chi connectivity index (χ2n) is 6.15. The quantitative estimate of drug-likeness (QED) is 0.609. The van der Waals surface area contributed by atoms with E-state index < -0.39 is 0 Å². The minimum Gasteiger partial charge on any atom is -0.399 e. The standard InChI is InChI=1S/C14H18N4O/c15-12-3-1-2-11(4-12)13(19)14-5-16-8-17(6-14)10-18(7-14)9-16/h1-4H,5-10,15H2. The molecule has 4 aliphatic heterocycles. The van der Waals surface area contributed by atoms with Crippen molar-refractivity contribution in [3.8, 4) is 0 Å². The smallest absolute Gasteiger partial charge is 0.172 e. The minimum absolute atomic E-state index is 0.249. The van der Waals surface area contributed by atoms with Gasteiger partial charge in [-0.1, -0.05) is 12.1 Å². The molecule has 0 saturated carbocycles. The molecule has 1 aromatic carbocycles. The van der Waals surface area contributed by atoms with Gasteiger partial charge in [-0.25, -0.2) is 0 Å². The maximum atomic E-state index is 12.9. The molecule has 4 bridgehead atoms. The van der Waals surface area contributed by atoms with Gasteiger partial charge in [0.25, 0.3) is 0 Å². The van der Waals surface area contributed by atoms with Gasteiger partial charge < -0.3 is 5.73 Å². The van der Waals surface area contributed by atoms with Crippen molar-refractivity contribution < 1.29 is 4.79 Å². The SMILES string of the molecule is Nc1cccc(C(=O)C23CN4CN(CN(C4)C2)C3)c1. The van der Waals surface area contributed by atoms with Crippen LogP contribution in [0.3, 0.4) is 0 Å². The van der Waals surface area contributed by atoms with Gasteiger partial charge >= 0.3 is 0 Å². The molecule has 100 valence electrons. The van der Waals surface area contributed by atoms with Crippen LogP contribution in [0.4, 0.5) is 5.69 Å². The highest BCUT2D eigenvalue weighted by Gasteiger charge is 2.52. The molecule has 4 heterocycles. The lowest BCUT2D eigenvalue weighted by Gasteiger charge is -2.59. The number of carbonyl (C=O) groups excluding carboxylic acids is 1. The molecule has 2 N–H and O–H groups in total. The highest BCUT2D eigenvalue weighted by atomic mass is 16.1. The first-order chi connectivity index (χ1) is 9.14. The van der Waals surface area contributed by atoms with E-state index in [0.717, 1.165) is 45.2 Å². The van der Waals surface area contributed by atoms with Crippen molar-refractivity contribution in [2.24, 2.45) is 5.41 Å². The summed E-state index contributed by atoms with van der Waals surface area (Å²) in [7, 11) is 0. The summed E-state index contributed by atoms with van der Waals surface area (Å²) in [5, 5.41) is 0. The van der Waals surface area contributed by atoms with E-state index in [1.807, 2.05) is 18.2 Å². The first-order valence-electron chi connectivity index (χ1n) is 6.72. The number of hydrogen-bond acceptors (Lipinski definition) is 5. The number of nitrogens with two attached hydrogens (primary N) is 1. The van der Waals surface area contributed by atoms with Gasteiger partial charge in [-0.3, -0.25) is 19.5 Å². The Labute approximate surface area is 112 Å². The minimum atomic E-state index is -0.261. The average Bonchev–Trinajstić information content (AvgIpc) is 2.36. The van der Waals surface area contributed by atoms with Crippen molar-refractivity contribution in [2.75, 3.05) is 45.4 Å². The number of rotatable bonds is 2. The van der Waals surface area contributed by atoms with E-state index in [1.54, 1.807) is 6.07 Å². The van der Waals surface area contributed by atoms with Crippen molar-refractivity contribution in [1.82, 2.24) is 14.7 Å². The van der Waals surface area contributed by atoms with E-state index >= 15 is 0 Å². The fourth-order valence-electron chi connectivity index (χ4n) is 3.92. The van der Waals surface area contributed by atoms with Gasteiger partial charge in [0, 0.05) is 30.9 Å². The van der Waals surface area contributed by atoms with Gasteiger partial charge in [-0.15, -0.1) is 0 Å². The van der Waals surface area contributed by atoms with Crippen molar-refractivity contribution in [2.45, 2.75) is 0 Å². The second-order valence-corrected chi connectivity index (χ2v) is 6.15. The molecular formula is C14H18N4O. The third kappa shape index (κ3) is 1.69. The van der Waals surface area contributed by atoms with Crippen LogP contribution < -0.4 is 5.73 Å². The van der Waals surface area contributed by atoms with Crippen LogP contribution in [0.1, 0.15) is 10.4 Å². The number of anilines is 1. The topological polar surface area (TPSA) is 52.8 Å². The van der Waals surface area contributed by atoms with Crippen molar-refractivity contribution >= 4 is 11.5 Å². The van der Waals surface area contributed by atoms with E-state index in [4.69, 9.17) is 5.73 Å². The van der Waals surface area contributed by atoms with Crippen LogP contribution in [0.25, 0.3) is 0 Å². The lowest BCUT2D eigenvalue weighted by molar-refractivity contribution is -0.155. The van der Waals surface area contributed by atoms with Crippen molar-refractivity contribution in [3.63, 3.8) is 0 Å². The Hall–Kier alpha value is -1.43. The van der Waals surface area contributed by atoms with Gasteiger partial charge in [-0.2, -0.15) is 0 Å². The monoisotopic (exact) mass is 258 g/mol. The lowest BCUT2D eigenvalue weighted by atomic mass is 9.75. The summed E-state index contributed by atoms with van der Waals surface area (Å²) in [5.74, 6) is 0.249. The fraction of sp³-hybridized carbons (Fsp3) is 0.500. The summed E-state index contributed by atoms with van der Waals surface area (Å²) >= 11 is 0. The van der Waals surface area contributed by atoms with Crippen LogP contribution in [0.15, 0.2) is 24.3 Å². The normalized spacial score (nSPS) is 39.5. The van der Waals surface area contributed by atoms with Crippen LogP contribution in [0.2, 0.25) is 0 Å². The van der Waals surface area contributed by atoms with Gasteiger partial charge in [0.2, 0.25) is 0 Å². The summed E-state index contributed by atoms with van der Waals surface area (Å²) < 4.78 is 0. The first kappa shape index (κ1) is 11.4. The van der Waals surface area contributed by atoms with Crippen molar-refractivity contribution in [3.05, 3.63) is 29.8 Å². The summed E-state index contributed by atoms with van der Waals surface area (Å²) in [6.45, 7) is 5.66. The van der Waals surface area contributed by atoms with Crippen LogP contribution in [-0.2, 0) is 0 Å².